The summed E-state index contributed by atoms with van der Waals surface area (Å²) in [4.78, 5) is 101. The molecule has 0 radical (unpaired) electrons. The van der Waals surface area contributed by atoms with Gasteiger partial charge in [-0.1, -0.05) is 0 Å². The Hall–Kier alpha value is -17.4. The van der Waals surface area contributed by atoms with Crippen molar-refractivity contribution < 1.29 is 177 Å². The molecule has 0 fully saturated rings. The second kappa shape index (κ2) is 36.9. The molecule has 6 aliphatic heterocycles. The van der Waals surface area contributed by atoms with Gasteiger partial charge in [0.1, 0.15) is 69.8 Å². The van der Waals surface area contributed by atoms with Crippen molar-refractivity contribution in [1.29, 1.82) is 0 Å². The summed E-state index contributed by atoms with van der Waals surface area (Å²) in [5.74, 6) is -33.2. The molecule has 150 heavy (non-hydrogen) atoms. The Morgan fingerprint density at radius 1 is 0.133 bits per heavy atom. The first-order valence-electron chi connectivity index (χ1n) is 41.8. The number of hydrogen-bond acceptors (Lipinski definition) is 21. The molecule has 54 heteroatoms. The third kappa shape index (κ3) is 15.8. The molecule has 9 aromatic heterocycles. The summed E-state index contributed by atoms with van der Waals surface area (Å²) in [5.41, 5.74) is -9.41. The van der Waals surface area contributed by atoms with E-state index in [1.165, 1.54) is 0 Å². The quantitative estimate of drug-likeness (QED) is 0.100. The zero-order valence-electron chi connectivity index (χ0n) is 72.4. The molecule has 0 amide bonds. The monoisotopic (exact) mass is 2160 g/mol. The number of benzene rings is 12. The second-order valence-electron chi connectivity index (χ2n) is 32.0. The predicted octanol–water partition coefficient (Wildman–Crippen LogP) is 21.4. The van der Waals surface area contributed by atoms with Crippen LogP contribution in [0.5, 0.6) is 0 Å². The van der Waals surface area contributed by atoms with Gasteiger partial charge in [0.05, 0.1) is 114 Å². The Balaban J connectivity index is 0.000000124. The molecule has 24 bridgehead atoms. The van der Waals surface area contributed by atoms with Crippen LogP contribution in [0.4, 0.5) is 105 Å². The number of hydrogen-bond donors (Lipinski definition) is 0. The average Bonchev–Trinajstić information content (AvgIpc) is 1.58. The molecule has 21 aromatic rings. The fraction of sp³-hybridized carbons (Fsp3) is 0. The van der Waals surface area contributed by atoms with E-state index < -0.39 is 275 Å². The number of rotatable bonds is 0. The van der Waals surface area contributed by atoms with Crippen LogP contribution in [-0.2, 0) is 71.2 Å². The molecule has 726 valence electrons. The van der Waals surface area contributed by atoms with E-state index in [-0.39, 0.29) is 134 Å². The molecule has 0 saturated carbocycles. The van der Waals surface area contributed by atoms with Gasteiger partial charge in [0.2, 0.25) is 0 Å². The molecule has 0 atom stereocenters. The minimum atomic E-state index is -1.31. The SMILES string of the molecule is Fc1cc2c(cc1F)-c1nc-2nc2[n-]c(nc3nc(nc4[n-]c(n1)c1cc(F)c(F)cc41)-c1cc(F)c(F)cc1-3)c1cc(F)c(F)cc21.Fc1cc2c3nc4nc(nc5[n-]c(nc6nc(nc([n-]3)c2cc1F)-c1c(F)ccc(F)c1-6)c1cc(F)c(F)cc51)-c1c(F)ccc(F)c1-4.Fc1ccc(F)c2c1-c1nc-2nc2[n-]c(nc3nc(nc4[n-]c(n1)c1c(F)ccc(F)c41)-c1c(F)ccc(F)c1-3)c1c(F)ccc(F)c21.[O]=[Ti+2].[O]=[Ti+2].[O]=[Ti+2]. The van der Waals surface area contributed by atoms with Crippen LogP contribution in [-0.4, -0.2) is 89.7 Å². The fourth-order valence-corrected chi connectivity index (χ4v) is 17.2. The summed E-state index contributed by atoms with van der Waals surface area (Å²) in [5, 5.41) is -3.11. The van der Waals surface area contributed by atoms with E-state index in [4.69, 9.17) is 9.97 Å². The van der Waals surface area contributed by atoms with E-state index in [0.717, 1.165) is 207 Å². The van der Waals surface area contributed by atoms with Crippen molar-refractivity contribution in [1.82, 2.24) is 120 Å². The molecule has 0 saturated heterocycles. The molecular weight excluding hydrogens is 2140 g/mol. The van der Waals surface area contributed by atoms with E-state index in [9.17, 15) is 52.7 Å². The fourth-order valence-electron chi connectivity index (χ4n) is 17.2. The van der Waals surface area contributed by atoms with Crippen LogP contribution in [0.3, 0.4) is 0 Å². The molecular formula is C96H24F24N24O3Ti3. The Labute approximate surface area is 845 Å². The van der Waals surface area contributed by atoms with Crippen molar-refractivity contribution in [2.75, 3.05) is 0 Å². The van der Waals surface area contributed by atoms with E-state index in [1.54, 1.807) is 0 Å². The molecule has 27 rings (SSSR count). The zero-order valence-corrected chi connectivity index (χ0v) is 77.1. The normalized spacial score (nSPS) is 11.8. The molecule has 0 spiro atoms. The van der Waals surface area contributed by atoms with Crippen LogP contribution in [0.15, 0.2) is 146 Å². The molecule has 27 nitrogen and oxygen atoms in total. The second-order valence-corrected chi connectivity index (χ2v) is 32.0. The van der Waals surface area contributed by atoms with Gasteiger partial charge < -0.3 is 89.7 Å². The van der Waals surface area contributed by atoms with Crippen LogP contribution < -0.4 is 29.9 Å². The van der Waals surface area contributed by atoms with Crippen molar-refractivity contribution in [3.05, 3.63) is 285 Å². The topological polar surface area (TPSA) is 368 Å². The summed E-state index contributed by atoms with van der Waals surface area (Å²) >= 11 is 2.25. The van der Waals surface area contributed by atoms with Gasteiger partial charge in [-0.25, -0.2) is 135 Å². The Kier molecular flexibility index (Phi) is 23.9. The Morgan fingerprint density at radius 2 is 0.247 bits per heavy atom. The van der Waals surface area contributed by atoms with Gasteiger partial charge in [-0.05, 0) is 189 Å². The number of aromatic nitrogens is 24. The van der Waals surface area contributed by atoms with Gasteiger partial charge >= 0.3 is 71.2 Å². The standard InChI is InChI=1S/3C32H8F8N8.3O.3Ti/c33-17-1-9-10(2-18(17)34)26-41-25(9)45-27-11-3-19(35)20(36)4-12(11)29(42-27)47-31-15-7-23(39)24(40)8-16(15)32(44-31)48-30-14-6-22(38)21(37)5-13(14)28(43-30)46-26;33-13-1-2-14(34)22-21(13)29-43-25-9-5-17(37)18(38)6-10(9)27(41-25)45-31-23-15(35)3-4-16(36)24(23)32(48-31)46-28-12-8-20(40)19(39)7-11(12)26(42-28)44-30(22)47-29;33-9-1-2-10(34)18-17(9)25-41-26(18)46-28-21-13(37)5-6-14(38)22(21)30(43-28)48-32-24-16(40)8-7-15(39)23(24)31(44-32)47-29-20-12(36)4-3-11(35)19(20)27(42-29)45-25;;;;;;/h3*1-8H;;;;;;/q3*-2;;;;3*+2. The van der Waals surface area contributed by atoms with Gasteiger partial charge in [0.25, 0.3) is 0 Å². The summed E-state index contributed by atoms with van der Waals surface area (Å²) in [7, 11) is 0. The third-order valence-electron chi connectivity index (χ3n) is 23.6. The molecule has 6 aliphatic rings. The molecule has 0 unspecified atom stereocenters. The summed E-state index contributed by atoms with van der Waals surface area (Å²) in [6.07, 6.45) is 0. The van der Waals surface area contributed by atoms with Gasteiger partial charge in [-0.3, -0.25) is 0 Å². The van der Waals surface area contributed by atoms with Crippen molar-refractivity contribution in [3.63, 3.8) is 0 Å². The van der Waals surface area contributed by atoms with Crippen molar-refractivity contribution in [2.24, 2.45) is 0 Å². The van der Waals surface area contributed by atoms with Gasteiger partial charge in [-0.15, -0.1) is 0 Å². The maximum absolute atomic E-state index is 15.3. The van der Waals surface area contributed by atoms with Gasteiger partial charge in [0.15, 0.2) is 69.8 Å². The first-order chi connectivity index (χ1) is 72.1. The van der Waals surface area contributed by atoms with E-state index in [2.05, 4.69) is 120 Å². The molecule has 15 heterocycles. The zero-order chi connectivity index (χ0) is 106. The Bertz CT molecular complexity index is 9190. The molecule has 0 aliphatic carbocycles. The van der Waals surface area contributed by atoms with Crippen LogP contribution in [0.1, 0.15) is 0 Å². The van der Waals surface area contributed by atoms with Crippen molar-refractivity contribution >= 4 is 132 Å². The first-order valence-corrected chi connectivity index (χ1v) is 43.7. The van der Waals surface area contributed by atoms with E-state index in [0.29, 0.717) is 0 Å². The van der Waals surface area contributed by atoms with Crippen molar-refractivity contribution in [3.8, 4) is 137 Å². The number of nitrogens with zero attached hydrogens (tertiary/aromatic N) is 24. The third-order valence-corrected chi connectivity index (χ3v) is 23.6. The minimum absolute atomic E-state index is 0.0717. The summed E-state index contributed by atoms with van der Waals surface area (Å²) in [6.45, 7) is 0. The van der Waals surface area contributed by atoms with E-state index in [1.807, 2.05) is 0 Å². The number of halogens is 24. The summed E-state index contributed by atoms with van der Waals surface area (Å²) in [6, 6.07) is 18.6. The molecule has 0 N–H and O–H groups in total. The Morgan fingerprint density at radius 3 is 0.400 bits per heavy atom. The first kappa shape index (κ1) is 97.3. The van der Waals surface area contributed by atoms with Crippen LogP contribution in [0.25, 0.3) is 269 Å². The average molecular weight is 2160 g/mol. The van der Waals surface area contributed by atoms with Crippen LogP contribution >= 0.6 is 0 Å². The number of fused-ring (bicyclic) bond motifs is 60. The van der Waals surface area contributed by atoms with Gasteiger partial charge in [-0.2, -0.15) is 0 Å². The van der Waals surface area contributed by atoms with Crippen LogP contribution in [0, 0.1) is 140 Å². The van der Waals surface area contributed by atoms with Crippen LogP contribution in [0.2, 0.25) is 0 Å². The van der Waals surface area contributed by atoms with E-state index >= 15 is 52.7 Å². The molecule has 12 aromatic carbocycles. The van der Waals surface area contributed by atoms with Gasteiger partial charge in [0, 0.05) is 112 Å². The summed E-state index contributed by atoms with van der Waals surface area (Å²) < 4.78 is 382. The predicted molar refractivity (Wildman–Crippen MR) is 463 cm³/mol. The maximum atomic E-state index is 15.3. The van der Waals surface area contributed by atoms with Crippen molar-refractivity contribution in [2.45, 2.75) is 0 Å².